The van der Waals surface area contributed by atoms with Gasteiger partial charge in [0.2, 0.25) is 5.91 Å². The van der Waals surface area contributed by atoms with Crippen molar-refractivity contribution in [3.63, 3.8) is 0 Å². The van der Waals surface area contributed by atoms with Crippen LogP contribution in [0.3, 0.4) is 0 Å². The molecule has 7 heteroatoms. The number of anilines is 1. The van der Waals surface area contributed by atoms with Crippen LogP contribution in [0.5, 0.6) is 0 Å². The number of benzene rings is 1. The summed E-state index contributed by atoms with van der Waals surface area (Å²) in [5.41, 5.74) is -0.443. The average Bonchev–Trinajstić information content (AvgIpc) is 2.38. The molecule has 2 N–H and O–H groups in total. The van der Waals surface area contributed by atoms with E-state index in [1.807, 2.05) is 6.92 Å². The van der Waals surface area contributed by atoms with Gasteiger partial charge in [0.05, 0.1) is 6.54 Å². The minimum absolute atomic E-state index is 0.00452. The van der Waals surface area contributed by atoms with Crippen LogP contribution in [0.4, 0.5) is 14.5 Å². The normalized spacial score (nSPS) is 13.8. The predicted octanol–water partition coefficient (Wildman–Crippen LogP) is 1.65. The molecule has 2 atom stereocenters. The zero-order chi connectivity index (χ0) is 15.1. The highest BCUT2D eigenvalue weighted by Crippen LogP contribution is 2.17. The van der Waals surface area contributed by atoms with Crippen LogP contribution in [0.1, 0.15) is 13.3 Å². The fourth-order valence-electron chi connectivity index (χ4n) is 1.51. The Balaban J connectivity index is 2.42. The van der Waals surface area contributed by atoms with Crippen LogP contribution in [0.15, 0.2) is 18.2 Å². The van der Waals surface area contributed by atoms with Gasteiger partial charge in [0, 0.05) is 28.9 Å². The Kier molecular flexibility index (Phi) is 6.74. The van der Waals surface area contributed by atoms with E-state index in [0.717, 1.165) is 12.1 Å². The van der Waals surface area contributed by atoms with Crippen molar-refractivity contribution in [1.82, 2.24) is 5.32 Å². The highest BCUT2D eigenvalue weighted by Gasteiger charge is 2.12. The first-order valence-electron chi connectivity index (χ1n) is 6.17. The molecule has 0 fully saturated rings. The minimum atomic E-state index is -0.878. The lowest BCUT2D eigenvalue weighted by Gasteiger charge is -2.13. The molecule has 1 aromatic rings. The van der Waals surface area contributed by atoms with Gasteiger partial charge in [0.25, 0.3) is 0 Å². The Labute approximate surface area is 119 Å². The molecule has 0 saturated heterocycles. The molecule has 0 spiro atoms. The van der Waals surface area contributed by atoms with Gasteiger partial charge >= 0.3 is 0 Å². The van der Waals surface area contributed by atoms with Gasteiger partial charge in [-0.1, -0.05) is 6.07 Å². The lowest BCUT2D eigenvalue weighted by atomic mass is 10.2. The number of hydrogen-bond acceptors (Lipinski definition) is 3. The third kappa shape index (κ3) is 5.75. The third-order valence-electron chi connectivity index (χ3n) is 2.68. The lowest BCUT2D eigenvalue weighted by molar-refractivity contribution is -0.115. The number of para-hydroxylation sites is 1. The van der Waals surface area contributed by atoms with E-state index in [1.165, 1.54) is 6.07 Å². The highest BCUT2D eigenvalue weighted by molar-refractivity contribution is 7.84. The van der Waals surface area contributed by atoms with Crippen LogP contribution >= 0.6 is 0 Å². The Morgan fingerprint density at radius 2 is 1.95 bits per heavy atom. The lowest BCUT2D eigenvalue weighted by Crippen LogP contribution is -2.35. The van der Waals surface area contributed by atoms with Crippen molar-refractivity contribution in [3.8, 4) is 0 Å². The first kappa shape index (κ1) is 16.7. The standard InChI is InChI=1S/C13H18F2N2O2S/c1-9(6-7-20(2)19)16-8-12(18)17-13-10(14)4-3-5-11(13)15/h3-5,9,16H,6-8H2,1-2H3,(H,17,18). The number of nitrogens with one attached hydrogen (secondary N) is 2. The molecule has 0 aromatic heterocycles. The van der Waals surface area contributed by atoms with E-state index in [0.29, 0.717) is 12.2 Å². The van der Waals surface area contributed by atoms with Crippen molar-refractivity contribution < 1.29 is 17.8 Å². The van der Waals surface area contributed by atoms with Crippen molar-refractivity contribution >= 4 is 22.4 Å². The zero-order valence-corrected chi connectivity index (χ0v) is 12.2. The van der Waals surface area contributed by atoms with E-state index in [1.54, 1.807) is 6.26 Å². The first-order valence-corrected chi connectivity index (χ1v) is 7.90. The third-order valence-corrected chi connectivity index (χ3v) is 3.49. The van der Waals surface area contributed by atoms with E-state index in [2.05, 4.69) is 10.6 Å². The summed E-state index contributed by atoms with van der Waals surface area (Å²) in [6, 6.07) is 3.37. The van der Waals surface area contributed by atoms with Gasteiger partial charge in [-0.3, -0.25) is 9.00 Å². The minimum Gasteiger partial charge on any atom is -0.320 e. The maximum Gasteiger partial charge on any atom is 0.238 e. The van der Waals surface area contributed by atoms with Gasteiger partial charge in [0.15, 0.2) is 0 Å². The highest BCUT2D eigenvalue weighted by atomic mass is 32.2. The molecule has 2 unspecified atom stereocenters. The maximum absolute atomic E-state index is 13.3. The molecule has 0 heterocycles. The van der Waals surface area contributed by atoms with E-state index >= 15 is 0 Å². The van der Waals surface area contributed by atoms with Crippen LogP contribution < -0.4 is 10.6 Å². The number of amides is 1. The fourth-order valence-corrected chi connectivity index (χ4v) is 2.20. The fraction of sp³-hybridized carbons (Fsp3) is 0.462. The molecule has 1 amide bonds. The van der Waals surface area contributed by atoms with E-state index in [4.69, 9.17) is 0 Å². The second-order valence-corrected chi connectivity index (χ2v) is 6.05. The summed E-state index contributed by atoms with van der Waals surface area (Å²) in [4.78, 5) is 11.6. The zero-order valence-electron chi connectivity index (χ0n) is 11.4. The monoisotopic (exact) mass is 304 g/mol. The van der Waals surface area contributed by atoms with E-state index in [-0.39, 0.29) is 12.6 Å². The van der Waals surface area contributed by atoms with Crippen LogP contribution in [0.25, 0.3) is 0 Å². The number of halogens is 2. The second kappa shape index (κ2) is 8.06. The van der Waals surface area contributed by atoms with E-state index in [9.17, 15) is 17.8 Å². The van der Waals surface area contributed by atoms with Crippen molar-refractivity contribution in [1.29, 1.82) is 0 Å². The SMILES string of the molecule is CC(CCS(C)=O)NCC(=O)Nc1c(F)cccc1F. The van der Waals surface area contributed by atoms with Gasteiger partial charge in [0.1, 0.15) is 17.3 Å². The van der Waals surface area contributed by atoms with Gasteiger partial charge in [-0.2, -0.15) is 0 Å². The van der Waals surface area contributed by atoms with Crippen LogP contribution in [-0.2, 0) is 15.6 Å². The summed E-state index contributed by atoms with van der Waals surface area (Å²) in [6.07, 6.45) is 2.27. The average molecular weight is 304 g/mol. The summed E-state index contributed by atoms with van der Waals surface area (Å²) in [7, 11) is -0.878. The molecular formula is C13H18F2N2O2S. The van der Waals surface area contributed by atoms with Crippen LogP contribution in [0.2, 0.25) is 0 Å². The smallest absolute Gasteiger partial charge is 0.238 e. The summed E-state index contributed by atoms with van der Waals surface area (Å²) < 4.78 is 37.5. The summed E-state index contributed by atoms with van der Waals surface area (Å²) >= 11 is 0. The quantitative estimate of drug-likeness (QED) is 0.805. The Hall–Kier alpha value is -1.34. The molecule has 112 valence electrons. The Morgan fingerprint density at radius 3 is 2.50 bits per heavy atom. The summed E-state index contributed by atoms with van der Waals surface area (Å²) in [6.45, 7) is 1.79. The van der Waals surface area contributed by atoms with Crippen molar-refractivity contribution in [2.75, 3.05) is 23.9 Å². The molecule has 0 aliphatic rings. The number of carbonyl (C=O) groups excluding carboxylic acids is 1. The van der Waals surface area contributed by atoms with Gasteiger partial charge in [-0.05, 0) is 25.5 Å². The van der Waals surface area contributed by atoms with E-state index < -0.39 is 34.0 Å². The Morgan fingerprint density at radius 1 is 1.35 bits per heavy atom. The molecule has 20 heavy (non-hydrogen) atoms. The summed E-state index contributed by atoms with van der Waals surface area (Å²) in [5.74, 6) is -1.61. The second-order valence-electron chi connectivity index (χ2n) is 4.49. The molecule has 1 aromatic carbocycles. The molecule has 0 aliphatic carbocycles. The largest absolute Gasteiger partial charge is 0.320 e. The molecule has 0 saturated carbocycles. The predicted molar refractivity (Wildman–Crippen MR) is 76.0 cm³/mol. The molecule has 0 radical (unpaired) electrons. The molecule has 4 nitrogen and oxygen atoms in total. The van der Waals surface area contributed by atoms with Crippen molar-refractivity contribution in [3.05, 3.63) is 29.8 Å². The van der Waals surface area contributed by atoms with Crippen molar-refractivity contribution in [2.45, 2.75) is 19.4 Å². The molecule has 1 rings (SSSR count). The number of hydrogen-bond donors (Lipinski definition) is 2. The maximum atomic E-state index is 13.3. The van der Waals surface area contributed by atoms with Gasteiger partial charge in [-0.25, -0.2) is 8.78 Å². The first-order chi connectivity index (χ1) is 9.40. The van der Waals surface area contributed by atoms with Crippen LogP contribution in [0, 0.1) is 11.6 Å². The topological polar surface area (TPSA) is 58.2 Å². The van der Waals surface area contributed by atoms with Crippen LogP contribution in [-0.4, -0.2) is 34.7 Å². The number of rotatable bonds is 7. The van der Waals surface area contributed by atoms with Gasteiger partial charge < -0.3 is 10.6 Å². The molecule has 0 aliphatic heterocycles. The Bertz CT molecular complexity index is 477. The van der Waals surface area contributed by atoms with Gasteiger partial charge in [-0.15, -0.1) is 0 Å². The van der Waals surface area contributed by atoms with Crippen molar-refractivity contribution in [2.24, 2.45) is 0 Å². The number of carbonyl (C=O) groups is 1. The molecule has 0 bridgehead atoms. The molecular weight excluding hydrogens is 286 g/mol. The summed E-state index contributed by atoms with van der Waals surface area (Å²) in [5, 5.41) is 5.09.